The number of nitrogens with zero attached hydrogens (tertiary/aromatic N) is 3. The lowest BCUT2D eigenvalue weighted by atomic mass is 9.83. The maximum Gasteiger partial charge on any atom is 0.255 e. The summed E-state index contributed by atoms with van der Waals surface area (Å²) in [5.74, 6) is -2.35. The van der Waals surface area contributed by atoms with E-state index in [4.69, 9.17) is 16.3 Å². The van der Waals surface area contributed by atoms with E-state index >= 15 is 0 Å². The first-order chi connectivity index (χ1) is 22.7. The molecule has 14 heteroatoms. The Morgan fingerprint density at radius 1 is 0.979 bits per heavy atom. The third kappa shape index (κ3) is 9.07. The summed E-state index contributed by atoms with van der Waals surface area (Å²) in [5, 5.41) is 30.3. The minimum atomic E-state index is -1.41. The first-order valence-corrected chi connectivity index (χ1v) is 16.3. The molecule has 5 N–H and O–H groups in total. The molecule has 47 heavy (non-hydrogen) atoms. The molecule has 0 saturated heterocycles. The number of ether oxygens (including phenoxy) is 1. The van der Waals surface area contributed by atoms with Gasteiger partial charge in [-0.1, -0.05) is 66.4 Å². The number of hydrogen-bond acceptors (Lipinski definition) is 8. The molecular weight excluding hydrogens is 626 g/mol. The molecule has 1 fully saturated rings. The highest BCUT2D eigenvalue weighted by molar-refractivity contribution is 6.31. The predicted octanol–water partition coefficient (Wildman–Crippen LogP) is 1.91. The number of halogens is 1. The van der Waals surface area contributed by atoms with Gasteiger partial charge in [-0.05, 0) is 49.4 Å². The van der Waals surface area contributed by atoms with E-state index in [1.807, 2.05) is 30.3 Å². The van der Waals surface area contributed by atoms with Crippen molar-refractivity contribution in [3.63, 3.8) is 0 Å². The summed E-state index contributed by atoms with van der Waals surface area (Å²) in [6.45, 7) is 1.86. The van der Waals surface area contributed by atoms with E-state index in [9.17, 15) is 24.3 Å². The van der Waals surface area contributed by atoms with Gasteiger partial charge in [0, 0.05) is 11.4 Å². The fourth-order valence-electron chi connectivity index (χ4n) is 5.94. The van der Waals surface area contributed by atoms with Gasteiger partial charge >= 0.3 is 0 Å². The van der Waals surface area contributed by atoms with Crippen LogP contribution in [0.25, 0.3) is 0 Å². The number of hydrogen-bond donors (Lipinski definition) is 5. The van der Waals surface area contributed by atoms with Crippen LogP contribution >= 0.6 is 11.6 Å². The number of aromatic nitrogens is 3. The van der Waals surface area contributed by atoms with Gasteiger partial charge in [0.2, 0.25) is 17.7 Å². The zero-order valence-electron chi connectivity index (χ0n) is 26.2. The van der Waals surface area contributed by atoms with Crippen LogP contribution in [0.2, 0.25) is 5.02 Å². The highest BCUT2D eigenvalue weighted by atomic mass is 35.5. The van der Waals surface area contributed by atoms with Crippen molar-refractivity contribution in [2.75, 3.05) is 6.61 Å². The fourth-order valence-corrected chi connectivity index (χ4v) is 6.11. The first kappa shape index (κ1) is 33.9. The molecule has 1 aliphatic carbocycles. The van der Waals surface area contributed by atoms with E-state index in [1.165, 1.54) is 13.0 Å². The quantitative estimate of drug-likeness (QED) is 0.281. The Morgan fingerprint density at radius 3 is 2.49 bits per heavy atom. The van der Waals surface area contributed by atoms with E-state index in [0.29, 0.717) is 30.1 Å². The smallest absolute Gasteiger partial charge is 0.255 e. The monoisotopic (exact) mass is 665 g/mol. The molecule has 2 aromatic carbocycles. The molecule has 2 heterocycles. The molecule has 0 unspecified atom stereocenters. The maximum atomic E-state index is 13.9. The second-order valence-corrected chi connectivity index (χ2v) is 12.4. The lowest BCUT2D eigenvalue weighted by Gasteiger charge is -2.32. The van der Waals surface area contributed by atoms with Gasteiger partial charge in [0.15, 0.2) is 0 Å². The molecule has 2 aliphatic rings. The second-order valence-electron chi connectivity index (χ2n) is 12.0. The number of fused-ring (bicyclic) bond motifs is 3. The number of benzene rings is 2. The SMILES string of the molecule is C[C@@H](O)[C@@H]1NC(=O)[C@H](C2CCCCC2)NC(=O)c2cc(Cl)ccc2OCCn2cc(nn2)CNC(=O)[C@@H](Cc2ccccc2)NC1=O. The Morgan fingerprint density at radius 2 is 1.74 bits per heavy atom. The van der Waals surface area contributed by atoms with Crippen LogP contribution in [0.1, 0.15) is 60.6 Å². The zero-order valence-corrected chi connectivity index (χ0v) is 26.9. The summed E-state index contributed by atoms with van der Waals surface area (Å²) in [6, 6.07) is 10.4. The van der Waals surface area contributed by atoms with Crippen LogP contribution in [0.15, 0.2) is 54.7 Å². The van der Waals surface area contributed by atoms with Gasteiger partial charge in [-0.3, -0.25) is 19.2 Å². The van der Waals surface area contributed by atoms with Crippen LogP contribution < -0.4 is 26.0 Å². The number of carbonyl (C=O) groups excluding carboxylic acids is 4. The third-order valence-corrected chi connectivity index (χ3v) is 8.70. The summed E-state index contributed by atoms with van der Waals surface area (Å²) < 4.78 is 7.51. The molecular formula is C33H40ClN7O6. The number of rotatable bonds is 4. The van der Waals surface area contributed by atoms with Crippen molar-refractivity contribution < 1.29 is 29.0 Å². The third-order valence-electron chi connectivity index (χ3n) is 8.46. The van der Waals surface area contributed by atoms with E-state index in [1.54, 1.807) is 23.0 Å². The Labute approximate surface area is 277 Å². The minimum Gasteiger partial charge on any atom is -0.491 e. The Hall–Kier alpha value is -4.49. The molecule has 250 valence electrons. The molecule has 0 spiro atoms. The summed E-state index contributed by atoms with van der Waals surface area (Å²) in [6.07, 6.45) is 4.68. The standard InChI is InChI=1S/C33H40ClN7O6/c1-20(42)28-32(45)36-26(16-21-8-4-2-5-9-21)31(44)35-18-24-19-41(40-39-24)14-15-47-27-13-12-23(34)17-25(27)30(43)38-29(33(46)37-28)22-10-6-3-7-11-22/h2,4-5,8-9,12-13,17,19-20,22,26,28-29,42H,3,6-7,10-11,14-16,18H2,1H3,(H,35,44)(H,36,45)(H,37,46)(H,38,43)/t20-,26-,28+,29+/m1/s1. The van der Waals surface area contributed by atoms with Gasteiger partial charge in [0.1, 0.15) is 36.2 Å². The van der Waals surface area contributed by atoms with Crippen LogP contribution in [0.4, 0.5) is 0 Å². The second kappa shape index (κ2) is 15.9. The van der Waals surface area contributed by atoms with Crippen LogP contribution in [0, 0.1) is 5.92 Å². The van der Waals surface area contributed by atoms with Crippen molar-refractivity contribution in [2.45, 2.75) is 82.8 Å². The lowest BCUT2D eigenvalue weighted by Crippen LogP contribution is -2.61. The number of nitrogens with one attached hydrogen (secondary N) is 4. The molecule has 5 rings (SSSR count). The van der Waals surface area contributed by atoms with Gasteiger partial charge in [-0.25, -0.2) is 4.68 Å². The topological polar surface area (TPSA) is 177 Å². The van der Waals surface area contributed by atoms with Crippen molar-refractivity contribution in [2.24, 2.45) is 5.92 Å². The van der Waals surface area contributed by atoms with E-state index < -0.39 is 47.9 Å². The van der Waals surface area contributed by atoms with Crippen molar-refractivity contribution in [3.8, 4) is 5.75 Å². The fraction of sp³-hybridized carbons (Fsp3) is 0.455. The van der Waals surface area contributed by atoms with E-state index in [-0.39, 0.29) is 36.8 Å². The number of carbonyl (C=O) groups is 4. The average Bonchev–Trinajstić information content (AvgIpc) is 3.53. The van der Waals surface area contributed by atoms with Crippen LogP contribution in [-0.4, -0.2) is 74.6 Å². The molecule has 1 saturated carbocycles. The van der Waals surface area contributed by atoms with Gasteiger partial charge in [0.25, 0.3) is 5.91 Å². The van der Waals surface area contributed by atoms with Gasteiger partial charge < -0.3 is 31.1 Å². The van der Waals surface area contributed by atoms with Crippen LogP contribution in [-0.2, 0) is 33.9 Å². The number of amides is 4. The van der Waals surface area contributed by atoms with Gasteiger partial charge in [-0.15, -0.1) is 5.10 Å². The molecule has 0 radical (unpaired) electrons. The molecule has 4 amide bonds. The van der Waals surface area contributed by atoms with Crippen molar-refractivity contribution >= 4 is 35.2 Å². The summed E-state index contributed by atoms with van der Waals surface area (Å²) in [5.41, 5.74) is 1.43. The molecule has 2 bridgehead atoms. The van der Waals surface area contributed by atoms with E-state index in [2.05, 4.69) is 31.6 Å². The normalized spacial score (nSPS) is 22.8. The largest absolute Gasteiger partial charge is 0.491 e. The Balaban J connectivity index is 1.47. The predicted molar refractivity (Wildman–Crippen MR) is 172 cm³/mol. The van der Waals surface area contributed by atoms with Crippen LogP contribution in [0.5, 0.6) is 5.75 Å². The summed E-state index contributed by atoms with van der Waals surface area (Å²) in [4.78, 5) is 54.7. The van der Waals surface area contributed by atoms with Gasteiger partial charge in [0.05, 0.1) is 31.0 Å². The number of aliphatic hydroxyl groups excluding tert-OH is 1. The Kier molecular flexibility index (Phi) is 11.4. The van der Waals surface area contributed by atoms with Crippen molar-refractivity contribution in [1.82, 2.24) is 36.3 Å². The summed E-state index contributed by atoms with van der Waals surface area (Å²) in [7, 11) is 0. The molecule has 1 aliphatic heterocycles. The lowest BCUT2D eigenvalue weighted by molar-refractivity contribution is -0.135. The van der Waals surface area contributed by atoms with E-state index in [0.717, 1.165) is 24.8 Å². The average molecular weight is 666 g/mol. The highest BCUT2D eigenvalue weighted by Gasteiger charge is 2.36. The number of aliphatic hydroxyl groups is 1. The summed E-state index contributed by atoms with van der Waals surface area (Å²) >= 11 is 6.26. The Bertz CT molecular complexity index is 1560. The molecule has 1 aromatic heterocycles. The molecule has 3 aromatic rings. The van der Waals surface area contributed by atoms with Crippen molar-refractivity contribution in [3.05, 3.63) is 76.6 Å². The van der Waals surface area contributed by atoms with Crippen LogP contribution in [0.3, 0.4) is 0 Å². The first-order valence-electron chi connectivity index (χ1n) is 15.9. The molecule has 4 atom stereocenters. The van der Waals surface area contributed by atoms with Crippen molar-refractivity contribution in [1.29, 1.82) is 0 Å². The highest BCUT2D eigenvalue weighted by Crippen LogP contribution is 2.28. The molecule has 13 nitrogen and oxygen atoms in total. The zero-order chi connectivity index (χ0) is 33.3. The van der Waals surface area contributed by atoms with Gasteiger partial charge in [-0.2, -0.15) is 0 Å². The minimum absolute atomic E-state index is 0.0436. The maximum absolute atomic E-state index is 13.9.